The molecule has 2 saturated heterocycles. The van der Waals surface area contributed by atoms with Crippen LogP contribution in [-0.4, -0.2) is 49.7 Å². The first-order chi connectivity index (χ1) is 16.9. The van der Waals surface area contributed by atoms with Gasteiger partial charge in [-0.25, -0.2) is 8.42 Å². The van der Waals surface area contributed by atoms with E-state index in [9.17, 15) is 13.2 Å². The lowest BCUT2D eigenvalue weighted by atomic mass is 9.97. The molecular formula is C28H37N3O3S. The summed E-state index contributed by atoms with van der Waals surface area (Å²) in [6.45, 7) is 6.88. The number of rotatable bonds is 8. The topological polar surface area (TPSA) is 69.7 Å². The molecular weight excluding hydrogens is 458 g/mol. The Morgan fingerprint density at radius 2 is 1.66 bits per heavy atom. The summed E-state index contributed by atoms with van der Waals surface area (Å²) in [7, 11) is -3.49. The lowest BCUT2D eigenvalue weighted by Gasteiger charge is -2.30. The second-order valence-corrected chi connectivity index (χ2v) is 11.8. The molecule has 0 saturated carbocycles. The lowest BCUT2D eigenvalue weighted by molar-refractivity contribution is -0.126. The second-order valence-electron chi connectivity index (χ2n) is 9.95. The molecule has 2 aromatic carbocycles. The normalized spacial score (nSPS) is 20.8. The molecule has 0 aromatic heterocycles. The number of amides is 1. The number of hydrogen-bond acceptors (Lipinski definition) is 4. The lowest BCUT2D eigenvalue weighted by Crippen LogP contribution is -2.42. The molecule has 2 aromatic rings. The summed E-state index contributed by atoms with van der Waals surface area (Å²) in [5.41, 5.74) is 3.24. The van der Waals surface area contributed by atoms with E-state index in [2.05, 4.69) is 41.4 Å². The van der Waals surface area contributed by atoms with Crippen molar-refractivity contribution in [2.75, 3.05) is 26.2 Å². The Bertz CT molecular complexity index is 1090. The van der Waals surface area contributed by atoms with Crippen molar-refractivity contribution in [1.82, 2.24) is 14.5 Å². The number of piperidine rings is 2. The van der Waals surface area contributed by atoms with Gasteiger partial charge in [0.05, 0.1) is 0 Å². The molecule has 35 heavy (non-hydrogen) atoms. The Morgan fingerprint density at radius 1 is 0.971 bits per heavy atom. The number of nitrogens with zero attached hydrogens (tertiary/aromatic N) is 2. The van der Waals surface area contributed by atoms with Crippen molar-refractivity contribution in [2.24, 2.45) is 11.8 Å². The Kier molecular flexibility index (Phi) is 8.76. The number of nitrogens with one attached hydrogen (secondary N) is 1. The summed E-state index contributed by atoms with van der Waals surface area (Å²) in [5.74, 6) is 0.629. The van der Waals surface area contributed by atoms with E-state index in [-0.39, 0.29) is 11.8 Å². The Balaban J connectivity index is 1.21. The molecule has 1 atom stereocenters. The van der Waals surface area contributed by atoms with Gasteiger partial charge in [-0.3, -0.25) is 9.69 Å². The van der Waals surface area contributed by atoms with Crippen LogP contribution in [0.2, 0.25) is 0 Å². The second kappa shape index (κ2) is 12.0. The van der Waals surface area contributed by atoms with Gasteiger partial charge in [0.15, 0.2) is 0 Å². The molecule has 1 amide bonds. The molecule has 188 valence electrons. The predicted octanol–water partition coefficient (Wildman–Crippen LogP) is 4.25. The van der Waals surface area contributed by atoms with E-state index in [1.807, 2.05) is 30.3 Å². The highest BCUT2D eigenvalue weighted by Gasteiger charge is 2.29. The summed E-state index contributed by atoms with van der Waals surface area (Å²) in [5, 5.41) is 4.31. The standard InChI is InChI=1S/C28H37N3O3S/c1-23-6-5-16-30(21-23)22-26-11-9-25(10-12-26)20-29-28(32)27-13-17-31(18-14-27)35(33,34)19-15-24-7-3-2-4-8-24/h2-4,7-12,15,19,23,27H,5-6,13-14,16-18,20-22H2,1H3,(H,29,32)/b19-15+/t23-/m1/s1. The van der Waals surface area contributed by atoms with Gasteiger partial charge in [-0.15, -0.1) is 0 Å². The molecule has 0 aliphatic carbocycles. The molecule has 2 fully saturated rings. The van der Waals surface area contributed by atoms with E-state index in [0.717, 1.165) is 23.6 Å². The van der Waals surface area contributed by atoms with Gasteiger partial charge in [-0.2, -0.15) is 4.31 Å². The molecule has 6 nitrogen and oxygen atoms in total. The SMILES string of the molecule is C[C@@H]1CCCN(Cc2ccc(CNC(=O)C3CCN(S(=O)(=O)/C=C/c4ccccc4)CC3)cc2)C1. The molecule has 0 bridgehead atoms. The third-order valence-corrected chi connectivity index (χ3v) is 8.62. The number of hydrogen-bond donors (Lipinski definition) is 1. The van der Waals surface area contributed by atoms with Gasteiger partial charge in [0, 0.05) is 44.0 Å². The van der Waals surface area contributed by atoms with Gasteiger partial charge in [0.2, 0.25) is 15.9 Å². The van der Waals surface area contributed by atoms with Gasteiger partial charge in [-0.05, 0) is 60.9 Å². The molecule has 2 aliphatic rings. The summed E-state index contributed by atoms with van der Waals surface area (Å²) in [6, 6.07) is 17.9. The first-order valence-corrected chi connectivity index (χ1v) is 14.2. The van der Waals surface area contributed by atoms with E-state index in [0.29, 0.717) is 32.5 Å². The Hall–Kier alpha value is -2.48. The van der Waals surface area contributed by atoms with Gasteiger partial charge in [-0.1, -0.05) is 61.5 Å². The Morgan fingerprint density at radius 3 is 2.34 bits per heavy atom. The molecule has 4 rings (SSSR count). The maximum atomic E-state index is 12.7. The quantitative estimate of drug-likeness (QED) is 0.595. The van der Waals surface area contributed by atoms with E-state index in [1.165, 1.54) is 41.2 Å². The zero-order valence-electron chi connectivity index (χ0n) is 20.6. The van der Waals surface area contributed by atoms with Crippen LogP contribution in [-0.2, 0) is 27.9 Å². The number of likely N-dealkylation sites (tertiary alicyclic amines) is 1. The zero-order valence-corrected chi connectivity index (χ0v) is 21.4. The average molecular weight is 496 g/mol. The average Bonchev–Trinajstić information content (AvgIpc) is 2.88. The van der Waals surface area contributed by atoms with Gasteiger partial charge in [0.1, 0.15) is 0 Å². The van der Waals surface area contributed by atoms with Gasteiger partial charge >= 0.3 is 0 Å². The van der Waals surface area contributed by atoms with Crippen molar-refractivity contribution >= 4 is 22.0 Å². The highest BCUT2D eigenvalue weighted by atomic mass is 32.2. The minimum atomic E-state index is -3.49. The summed E-state index contributed by atoms with van der Waals surface area (Å²) in [6.07, 6.45) is 5.30. The molecule has 7 heteroatoms. The third kappa shape index (κ3) is 7.50. The fourth-order valence-corrected chi connectivity index (χ4v) is 6.19. The van der Waals surface area contributed by atoms with Crippen LogP contribution in [0, 0.1) is 11.8 Å². The van der Waals surface area contributed by atoms with E-state index >= 15 is 0 Å². The van der Waals surface area contributed by atoms with Crippen LogP contribution >= 0.6 is 0 Å². The molecule has 1 N–H and O–H groups in total. The van der Waals surface area contributed by atoms with Gasteiger partial charge in [0.25, 0.3) is 0 Å². The number of carbonyl (C=O) groups is 1. The molecule has 2 aliphatic heterocycles. The molecule has 0 radical (unpaired) electrons. The first-order valence-electron chi connectivity index (χ1n) is 12.7. The van der Waals surface area contributed by atoms with Crippen LogP contribution in [0.5, 0.6) is 0 Å². The molecule has 2 heterocycles. The van der Waals surface area contributed by atoms with Crippen molar-refractivity contribution in [3.05, 3.63) is 76.7 Å². The van der Waals surface area contributed by atoms with Crippen molar-refractivity contribution in [3.63, 3.8) is 0 Å². The maximum Gasteiger partial charge on any atom is 0.236 e. The maximum absolute atomic E-state index is 12.7. The third-order valence-electron chi connectivity index (χ3n) is 7.05. The largest absolute Gasteiger partial charge is 0.352 e. The Labute approximate surface area is 210 Å². The zero-order chi connectivity index (χ0) is 24.7. The monoisotopic (exact) mass is 495 g/mol. The fourth-order valence-electron chi connectivity index (χ4n) is 4.97. The molecule has 0 spiro atoms. The minimum Gasteiger partial charge on any atom is -0.352 e. The minimum absolute atomic E-state index is 0.00764. The predicted molar refractivity (Wildman–Crippen MR) is 141 cm³/mol. The van der Waals surface area contributed by atoms with E-state index < -0.39 is 10.0 Å². The van der Waals surface area contributed by atoms with Crippen LogP contribution in [0.15, 0.2) is 60.0 Å². The van der Waals surface area contributed by atoms with E-state index in [4.69, 9.17) is 0 Å². The fraction of sp³-hybridized carbons (Fsp3) is 0.464. The highest BCUT2D eigenvalue weighted by Crippen LogP contribution is 2.22. The number of benzene rings is 2. The van der Waals surface area contributed by atoms with E-state index in [1.54, 1.807) is 6.08 Å². The summed E-state index contributed by atoms with van der Waals surface area (Å²) >= 11 is 0. The smallest absolute Gasteiger partial charge is 0.236 e. The van der Waals surface area contributed by atoms with Crippen LogP contribution in [0.1, 0.15) is 49.3 Å². The van der Waals surface area contributed by atoms with Crippen LogP contribution in [0.4, 0.5) is 0 Å². The van der Waals surface area contributed by atoms with Crippen LogP contribution in [0.25, 0.3) is 6.08 Å². The highest BCUT2D eigenvalue weighted by molar-refractivity contribution is 7.92. The number of sulfonamides is 1. The van der Waals surface area contributed by atoms with Gasteiger partial charge < -0.3 is 5.32 Å². The number of carbonyl (C=O) groups excluding carboxylic acids is 1. The van der Waals surface area contributed by atoms with Crippen LogP contribution < -0.4 is 5.32 Å². The van der Waals surface area contributed by atoms with Crippen molar-refractivity contribution < 1.29 is 13.2 Å². The van der Waals surface area contributed by atoms with Crippen molar-refractivity contribution in [1.29, 1.82) is 0 Å². The first kappa shape index (κ1) is 25.6. The molecule has 0 unspecified atom stereocenters. The summed E-state index contributed by atoms with van der Waals surface area (Å²) in [4.78, 5) is 15.2. The van der Waals surface area contributed by atoms with Crippen molar-refractivity contribution in [2.45, 2.75) is 45.7 Å². The van der Waals surface area contributed by atoms with Crippen LogP contribution in [0.3, 0.4) is 0 Å². The summed E-state index contributed by atoms with van der Waals surface area (Å²) < 4.78 is 26.8. The van der Waals surface area contributed by atoms with Crippen molar-refractivity contribution in [3.8, 4) is 0 Å².